The van der Waals surface area contributed by atoms with Crippen LogP contribution in [0.4, 0.5) is 5.13 Å². The van der Waals surface area contributed by atoms with Gasteiger partial charge in [-0.1, -0.05) is 0 Å². The lowest BCUT2D eigenvalue weighted by Crippen LogP contribution is -2.53. The first-order valence-electron chi connectivity index (χ1n) is 6.20. The number of rotatable bonds is 5. The molecule has 10 heteroatoms. The fourth-order valence-corrected chi connectivity index (χ4v) is 3.40. The number of nitrogens with zero attached hydrogens (tertiary/aromatic N) is 2. The summed E-state index contributed by atoms with van der Waals surface area (Å²) in [5, 5.41) is 7.25. The molecule has 2 rings (SSSR count). The number of likely N-dealkylation sites (N-methyl/N-ethyl adjacent to an activating group) is 1. The van der Waals surface area contributed by atoms with E-state index in [9.17, 15) is 18.0 Å². The quantitative estimate of drug-likeness (QED) is 0.738. The van der Waals surface area contributed by atoms with Gasteiger partial charge in [0, 0.05) is 25.5 Å². The van der Waals surface area contributed by atoms with Gasteiger partial charge in [-0.05, 0) is 0 Å². The predicted molar refractivity (Wildman–Crippen MR) is 78.4 cm³/mol. The normalized spacial score (nSPS) is 16.3. The zero-order valence-corrected chi connectivity index (χ0v) is 13.3. The minimum Gasteiger partial charge on any atom is -0.359 e. The zero-order chi connectivity index (χ0) is 15.6. The second-order valence-electron chi connectivity index (χ2n) is 4.76. The van der Waals surface area contributed by atoms with Crippen molar-refractivity contribution in [3.8, 4) is 0 Å². The molecule has 0 bridgehead atoms. The maximum Gasteiger partial charge on any atom is 0.231 e. The molecule has 1 aliphatic rings. The maximum absolute atomic E-state index is 11.9. The SMILES string of the molecule is CNC(=O)Cc1csc(NC(=O)C2CN(S(C)(=O)=O)C2)n1. The van der Waals surface area contributed by atoms with Gasteiger partial charge in [0.05, 0.1) is 24.3 Å². The van der Waals surface area contributed by atoms with Crippen LogP contribution in [-0.4, -0.2) is 55.9 Å². The van der Waals surface area contributed by atoms with Crippen LogP contribution in [0.2, 0.25) is 0 Å². The van der Waals surface area contributed by atoms with Crippen LogP contribution in [-0.2, 0) is 26.0 Å². The van der Waals surface area contributed by atoms with Crippen molar-refractivity contribution < 1.29 is 18.0 Å². The number of hydrogen-bond donors (Lipinski definition) is 2. The average molecular weight is 332 g/mol. The molecular weight excluding hydrogens is 316 g/mol. The molecule has 8 nitrogen and oxygen atoms in total. The van der Waals surface area contributed by atoms with Crippen molar-refractivity contribution in [1.29, 1.82) is 0 Å². The van der Waals surface area contributed by atoms with Gasteiger partial charge in [-0.25, -0.2) is 17.7 Å². The Morgan fingerprint density at radius 2 is 2.14 bits per heavy atom. The first kappa shape index (κ1) is 15.9. The number of sulfonamides is 1. The van der Waals surface area contributed by atoms with Crippen molar-refractivity contribution in [2.75, 3.05) is 31.7 Å². The molecule has 1 aromatic heterocycles. The molecule has 2 heterocycles. The molecule has 2 amide bonds. The number of aromatic nitrogens is 1. The molecule has 0 spiro atoms. The standard InChI is InChI=1S/C11H16N4O4S2/c1-12-9(16)3-8-6-20-11(13-8)14-10(17)7-4-15(5-7)21(2,18)19/h6-7H,3-5H2,1-2H3,(H,12,16)(H,13,14,17). The number of nitrogens with one attached hydrogen (secondary N) is 2. The fourth-order valence-electron chi connectivity index (χ4n) is 1.78. The Balaban J connectivity index is 1.86. The molecule has 0 radical (unpaired) electrons. The number of thiazole rings is 1. The van der Waals surface area contributed by atoms with Gasteiger partial charge in [0.25, 0.3) is 0 Å². The highest BCUT2D eigenvalue weighted by atomic mass is 32.2. The van der Waals surface area contributed by atoms with Crippen LogP contribution in [0.15, 0.2) is 5.38 Å². The van der Waals surface area contributed by atoms with E-state index in [1.165, 1.54) is 15.6 Å². The highest BCUT2D eigenvalue weighted by Gasteiger charge is 2.37. The number of carbonyl (C=O) groups is 2. The van der Waals surface area contributed by atoms with Gasteiger partial charge in [-0.2, -0.15) is 0 Å². The molecule has 0 aliphatic carbocycles. The third-order valence-corrected chi connectivity index (χ3v) is 5.13. The van der Waals surface area contributed by atoms with Crippen LogP contribution < -0.4 is 10.6 Å². The van der Waals surface area contributed by atoms with E-state index in [1.54, 1.807) is 12.4 Å². The predicted octanol–water partition coefficient (Wildman–Crippen LogP) is -0.738. The molecule has 0 saturated carbocycles. The molecular formula is C11H16N4O4S2. The second kappa shape index (κ2) is 6.08. The largest absolute Gasteiger partial charge is 0.359 e. The Kier molecular flexibility index (Phi) is 4.59. The molecule has 0 unspecified atom stereocenters. The molecule has 0 aromatic carbocycles. The van der Waals surface area contributed by atoms with E-state index in [4.69, 9.17) is 0 Å². The zero-order valence-electron chi connectivity index (χ0n) is 11.6. The smallest absolute Gasteiger partial charge is 0.231 e. The number of amides is 2. The van der Waals surface area contributed by atoms with Gasteiger partial charge in [-0.3, -0.25) is 9.59 Å². The summed E-state index contributed by atoms with van der Waals surface area (Å²) in [6.45, 7) is 0.391. The minimum atomic E-state index is -3.22. The molecule has 0 atom stereocenters. The van der Waals surface area contributed by atoms with Gasteiger partial charge < -0.3 is 10.6 Å². The van der Waals surface area contributed by atoms with E-state index < -0.39 is 10.0 Å². The third-order valence-electron chi connectivity index (χ3n) is 3.09. The van der Waals surface area contributed by atoms with Gasteiger partial charge in [0.15, 0.2) is 5.13 Å². The van der Waals surface area contributed by atoms with Crippen molar-refractivity contribution in [3.63, 3.8) is 0 Å². The van der Waals surface area contributed by atoms with Gasteiger partial charge in [-0.15, -0.1) is 11.3 Å². The van der Waals surface area contributed by atoms with Crippen LogP contribution in [0.1, 0.15) is 5.69 Å². The van der Waals surface area contributed by atoms with Crippen molar-refractivity contribution >= 4 is 38.3 Å². The Morgan fingerprint density at radius 3 is 2.71 bits per heavy atom. The number of anilines is 1. The van der Waals surface area contributed by atoms with E-state index in [1.807, 2.05) is 0 Å². The lowest BCUT2D eigenvalue weighted by molar-refractivity contribution is -0.123. The highest BCUT2D eigenvalue weighted by molar-refractivity contribution is 7.88. The molecule has 1 saturated heterocycles. The molecule has 1 fully saturated rings. The first-order chi connectivity index (χ1) is 9.79. The second-order valence-corrected chi connectivity index (χ2v) is 7.60. The van der Waals surface area contributed by atoms with Crippen molar-refractivity contribution in [2.45, 2.75) is 6.42 Å². The van der Waals surface area contributed by atoms with Crippen molar-refractivity contribution in [3.05, 3.63) is 11.1 Å². The van der Waals surface area contributed by atoms with E-state index in [0.29, 0.717) is 10.8 Å². The van der Waals surface area contributed by atoms with E-state index >= 15 is 0 Å². The van der Waals surface area contributed by atoms with Gasteiger partial charge >= 0.3 is 0 Å². The molecule has 21 heavy (non-hydrogen) atoms. The van der Waals surface area contributed by atoms with Crippen molar-refractivity contribution in [1.82, 2.24) is 14.6 Å². The Morgan fingerprint density at radius 1 is 1.48 bits per heavy atom. The summed E-state index contributed by atoms with van der Waals surface area (Å²) in [6, 6.07) is 0. The summed E-state index contributed by atoms with van der Waals surface area (Å²) in [7, 11) is -1.68. The van der Waals surface area contributed by atoms with E-state index in [-0.39, 0.29) is 37.2 Å². The summed E-state index contributed by atoms with van der Waals surface area (Å²) in [5.41, 5.74) is 0.584. The average Bonchev–Trinajstić information content (AvgIpc) is 2.72. The topological polar surface area (TPSA) is 108 Å². The van der Waals surface area contributed by atoms with Crippen LogP contribution in [0.3, 0.4) is 0 Å². The lowest BCUT2D eigenvalue weighted by atomic mass is 10.0. The Labute approximate surface area is 126 Å². The summed E-state index contributed by atoms with van der Waals surface area (Å²) in [4.78, 5) is 27.3. The Bertz CT molecular complexity index is 649. The van der Waals surface area contributed by atoms with Crippen LogP contribution >= 0.6 is 11.3 Å². The first-order valence-corrected chi connectivity index (χ1v) is 8.93. The summed E-state index contributed by atoms with van der Waals surface area (Å²) >= 11 is 1.23. The molecule has 1 aliphatic heterocycles. The van der Waals surface area contributed by atoms with Crippen LogP contribution in [0.25, 0.3) is 0 Å². The third kappa shape index (κ3) is 3.99. The molecule has 1 aromatic rings. The maximum atomic E-state index is 11.9. The van der Waals surface area contributed by atoms with Crippen LogP contribution in [0, 0.1) is 5.92 Å². The Hall–Kier alpha value is -1.52. The highest BCUT2D eigenvalue weighted by Crippen LogP contribution is 2.22. The number of carbonyl (C=O) groups excluding carboxylic acids is 2. The summed E-state index contributed by atoms with van der Waals surface area (Å²) in [5.74, 6) is -0.761. The van der Waals surface area contributed by atoms with Gasteiger partial charge in [0.2, 0.25) is 21.8 Å². The van der Waals surface area contributed by atoms with E-state index in [2.05, 4.69) is 15.6 Å². The summed E-state index contributed by atoms with van der Waals surface area (Å²) < 4.78 is 23.7. The van der Waals surface area contributed by atoms with Crippen LogP contribution in [0.5, 0.6) is 0 Å². The van der Waals surface area contributed by atoms with Gasteiger partial charge in [0.1, 0.15) is 0 Å². The lowest BCUT2D eigenvalue weighted by Gasteiger charge is -2.35. The molecule has 116 valence electrons. The monoisotopic (exact) mass is 332 g/mol. The van der Waals surface area contributed by atoms with E-state index in [0.717, 1.165) is 6.26 Å². The summed E-state index contributed by atoms with van der Waals surface area (Å²) in [6.07, 6.45) is 1.28. The molecule has 2 N–H and O–H groups in total. The van der Waals surface area contributed by atoms with Crippen molar-refractivity contribution in [2.24, 2.45) is 5.92 Å². The fraction of sp³-hybridized carbons (Fsp3) is 0.545. The number of hydrogen-bond acceptors (Lipinski definition) is 6. The minimum absolute atomic E-state index is 0.152.